The van der Waals surface area contributed by atoms with Crippen LogP contribution in [0, 0.1) is 0 Å². The topological polar surface area (TPSA) is 173 Å². The molecule has 0 atom stereocenters. The van der Waals surface area contributed by atoms with Crippen molar-refractivity contribution in [2.75, 3.05) is 104 Å². The molecule has 0 fully saturated rings. The van der Waals surface area contributed by atoms with Gasteiger partial charge in [0.15, 0.2) is 23.0 Å². The number of anilines is 2. The molecule has 0 spiro atoms. The van der Waals surface area contributed by atoms with Crippen molar-refractivity contribution in [1.29, 1.82) is 0 Å². The summed E-state index contributed by atoms with van der Waals surface area (Å²) >= 11 is 0. The van der Waals surface area contributed by atoms with Crippen molar-refractivity contribution in [3.8, 4) is 40.2 Å². The van der Waals surface area contributed by atoms with E-state index in [0.29, 0.717) is 99.3 Å². The summed E-state index contributed by atoms with van der Waals surface area (Å²) in [4.78, 5) is 29.1. The van der Waals surface area contributed by atoms with Crippen molar-refractivity contribution in [2.45, 2.75) is 249 Å². The fraction of sp³-hybridized carbons (Fsp3) is 0.464. The predicted octanol–water partition coefficient (Wildman–Crippen LogP) is 24.2. The normalized spacial score (nSPS) is 14.9. The monoisotopic (exact) mass is 1740 g/mol. The molecular weight excluding hydrogens is 1590 g/mol. The number of aliphatic hydroxyl groups is 2. The van der Waals surface area contributed by atoms with Crippen LogP contribution in [0.25, 0.3) is 10.8 Å². The molecule has 8 aliphatic heterocycles. The van der Waals surface area contributed by atoms with Gasteiger partial charge in [0.05, 0.1) is 31.9 Å². The van der Waals surface area contributed by atoms with Gasteiger partial charge in [0, 0.05) is 77.4 Å². The number of amides is 2. The van der Waals surface area contributed by atoms with E-state index in [0.717, 1.165) is 111 Å². The quantitative estimate of drug-likeness (QED) is 0.0859. The van der Waals surface area contributed by atoms with Crippen LogP contribution in [0.5, 0.6) is 40.2 Å². The number of hydrogen-bond acceptors (Lipinski definition) is 14. The molecule has 18 rings (SSSR count). The highest BCUT2D eigenvalue weighted by molar-refractivity contribution is 5.87. The van der Waals surface area contributed by atoms with Gasteiger partial charge in [-0.1, -0.05) is 260 Å². The van der Waals surface area contributed by atoms with Crippen LogP contribution in [0.3, 0.4) is 0 Å². The lowest BCUT2D eigenvalue weighted by molar-refractivity contribution is -0.136. The maximum Gasteiger partial charge on any atom is 0.248 e. The van der Waals surface area contributed by atoms with Gasteiger partial charge in [-0.3, -0.25) is 14.5 Å². The van der Waals surface area contributed by atoms with Crippen LogP contribution in [-0.4, -0.2) is 125 Å². The minimum Gasteiger partial charge on any atom is -0.493 e. The van der Waals surface area contributed by atoms with Crippen molar-refractivity contribution in [1.82, 2.24) is 15.1 Å². The molecule has 688 valence electrons. The highest BCUT2D eigenvalue weighted by Gasteiger charge is 2.34. The third kappa shape index (κ3) is 28.5. The summed E-state index contributed by atoms with van der Waals surface area (Å²) < 4.78 is 38.0. The molecule has 128 heavy (non-hydrogen) atoms. The maximum atomic E-state index is 11.8. The van der Waals surface area contributed by atoms with Gasteiger partial charge in [-0.2, -0.15) is 0 Å². The Hall–Kier alpha value is -10.5. The number of nitrogens with zero attached hydrogens (tertiary/aromatic N) is 3. The number of ether oxygens (including phenoxy) is 7. The number of aryl methyl sites for hydroxylation is 1. The Morgan fingerprint density at radius 2 is 0.836 bits per heavy atom. The van der Waals surface area contributed by atoms with E-state index >= 15 is 0 Å². The van der Waals surface area contributed by atoms with E-state index in [-0.39, 0.29) is 23.8 Å². The molecule has 0 saturated carbocycles. The summed E-state index contributed by atoms with van der Waals surface area (Å²) in [5.74, 6) is 11.7. The summed E-state index contributed by atoms with van der Waals surface area (Å²) in [6.07, 6.45) is 5.07. The van der Waals surface area contributed by atoms with Crippen molar-refractivity contribution in [3.05, 3.63) is 277 Å². The zero-order valence-corrected chi connectivity index (χ0v) is 81.1. The average Bonchev–Trinajstić information content (AvgIpc) is 0.886. The van der Waals surface area contributed by atoms with E-state index < -0.39 is 6.61 Å². The first-order valence-corrected chi connectivity index (χ1v) is 47.0. The Balaban J connectivity index is 0.000000150. The largest absolute Gasteiger partial charge is 0.493 e. The Morgan fingerprint density at radius 1 is 0.398 bits per heavy atom. The Kier molecular flexibility index (Phi) is 37.1. The number of hydrogen-bond donors (Lipinski definition) is 4. The second kappa shape index (κ2) is 47.7. The molecule has 16 heteroatoms. The van der Waals surface area contributed by atoms with Crippen LogP contribution in [0.1, 0.15) is 293 Å². The van der Waals surface area contributed by atoms with Gasteiger partial charge in [-0.05, 0) is 239 Å². The fourth-order valence-electron chi connectivity index (χ4n) is 16.3. The van der Waals surface area contributed by atoms with Crippen LogP contribution < -0.4 is 48.7 Å². The number of benzene rings is 10. The number of fused-ring (bicyclic) bond motifs is 9. The van der Waals surface area contributed by atoms with E-state index in [1.54, 1.807) is 4.90 Å². The summed E-state index contributed by atoms with van der Waals surface area (Å²) in [6.45, 7) is 53.6. The lowest BCUT2D eigenvalue weighted by atomic mass is 9.77. The third-order valence-electron chi connectivity index (χ3n) is 24.8. The zero-order chi connectivity index (χ0) is 92.5. The van der Waals surface area contributed by atoms with E-state index in [1.807, 2.05) is 18.2 Å². The zero-order valence-electron chi connectivity index (χ0n) is 81.1. The maximum absolute atomic E-state index is 11.8. The molecule has 2 amide bonds. The van der Waals surface area contributed by atoms with Gasteiger partial charge in [-0.25, -0.2) is 0 Å². The molecule has 0 bridgehead atoms. The number of β-amino-alcohol motifs (C(OH)–C–C–N with tert-alkyl or cyclic N) is 1. The summed E-state index contributed by atoms with van der Waals surface area (Å²) in [5, 5.41) is 26.9. The minimum absolute atomic E-state index is 0.0616. The molecule has 0 unspecified atom stereocenters. The van der Waals surface area contributed by atoms with Crippen molar-refractivity contribution in [2.24, 2.45) is 0 Å². The predicted molar refractivity (Wildman–Crippen MR) is 528 cm³/mol. The van der Waals surface area contributed by atoms with E-state index in [9.17, 15) is 9.59 Å². The van der Waals surface area contributed by atoms with Gasteiger partial charge in [0.2, 0.25) is 18.6 Å². The van der Waals surface area contributed by atoms with Gasteiger partial charge >= 0.3 is 0 Å². The van der Waals surface area contributed by atoms with E-state index in [4.69, 9.17) is 43.4 Å². The average molecular weight is 1740 g/mol. The first-order valence-electron chi connectivity index (χ1n) is 47.0. The van der Waals surface area contributed by atoms with Gasteiger partial charge < -0.3 is 63.8 Å². The highest BCUT2D eigenvalue weighted by atomic mass is 16.7. The fourth-order valence-corrected chi connectivity index (χ4v) is 16.3. The first kappa shape index (κ1) is 99.6. The molecule has 10 aromatic rings. The third-order valence-corrected chi connectivity index (χ3v) is 24.8. The van der Waals surface area contributed by atoms with Crippen LogP contribution in [0.15, 0.2) is 182 Å². The molecule has 16 nitrogen and oxygen atoms in total. The lowest BCUT2D eigenvalue weighted by Gasteiger charge is -2.40. The van der Waals surface area contributed by atoms with Crippen LogP contribution in [-0.2, 0) is 60.3 Å². The molecule has 0 aliphatic carbocycles. The number of carbonyl (C=O) groups excluding carboxylic acids is 2. The van der Waals surface area contributed by atoms with Gasteiger partial charge in [-0.15, -0.1) is 0 Å². The number of carbonyl (C=O) groups is 2. The van der Waals surface area contributed by atoms with Crippen molar-refractivity contribution >= 4 is 34.0 Å². The Morgan fingerprint density at radius 3 is 1.41 bits per heavy atom. The van der Waals surface area contributed by atoms with Crippen LogP contribution >= 0.6 is 0 Å². The molecule has 0 radical (unpaired) electrons. The standard InChI is InChI=1S/C16H23NO2.C15H19N.C14H21NO.C12H15NO.C12H16O.C11H15NO.C11H14O2.C11H14O.C10H12O2/c1-11(2)12-5-6-14-13(7-12)8-17(15(19)9-18)10-16(14,3)4;1-11(2)12-5-6-14-10-15(16(3)4)8-7-13(14)9-12;1-11(2)13-4-3-12-5-6-15(7-8-16)10-14(12)9-13;1-8(2)9-3-4-10-6-12(14)13-7-11(10)5-9;1-9(2)11-6-5-10-4-3-7-13-12(10)8-11;1-8(2)9-3-4-11-10(7-9)12-5-6-13-11;1-8(2)9-3-4-10-11(7-9)13-6-5-12-10;1-8(2)10-4-3-9-5-6-12-11(9)7-10;1-7(2)8-3-4-9-10(5-8)12-6-11-9/h5-7,11,18H,8-10H2,1-4H3;5-11H,1-4H3;3-4,9,11,16H,5-8,10H2,1-2H3;3-5,8H,6-7H2,1-2H3,(H,13,14);5-6,8-9H,3-4,7H2,1-2H3;3-4,7-8,12H,5-6H2,1-2H3;3-4,7-8H,5-6H2,1-2H3;3-4,7-8H,5-6H2,1-2H3;3-5,7H,6H2,1-2H3. The SMILES string of the molecule is CC(C)c1ccc2c(c1)CN(C(=O)CO)CC2(C)C.CC(C)c1ccc2c(c1)CN(CCO)CC2.CC(C)c1ccc2c(c1)CNC(=O)C2.CC(C)c1ccc2c(c1)NCCO2.CC(C)c1ccc2c(c1)OCC2.CC(C)c1ccc2c(c1)OCCC2.CC(C)c1ccc2c(c1)OCCO2.CC(C)c1ccc2c(c1)OCO2.CC(C)c1ccc2cc(N(C)C)ccc2c1. The number of rotatable bonds is 13. The first-order chi connectivity index (χ1) is 61.1. The van der Waals surface area contributed by atoms with Gasteiger partial charge in [0.25, 0.3) is 0 Å². The van der Waals surface area contributed by atoms with Crippen LogP contribution in [0.2, 0.25) is 0 Å². The Bertz CT molecular complexity index is 4990. The van der Waals surface area contributed by atoms with Crippen molar-refractivity contribution in [3.63, 3.8) is 0 Å². The summed E-state index contributed by atoms with van der Waals surface area (Å²) in [7, 11) is 4.15. The minimum atomic E-state index is -0.407. The Labute approximate surface area is 766 Å². The second-order valence-corrected chi connectivity index (χ2v) is 38.4. The molecule has 8 aliphatic rings. The number of aliphatic hydroxyl groups excluding tert-OH is 2. The molecule has 0 aromatic heterocycles. The highest BCUT2D eigenvalue weighted by Crippen LogP contribution is 2.40. The van der Waals surface area contributed by atoms with E-state index in [1.165, 1.54) is 117 Å². The summed E-state index contributed by atoms with van der Waals surface area (Å²) in [6, 6.07) is 65.1. The summed E-state index contributed by atoms with van der Waals surface area (Å²) in [5.41, 5.74) is 25.1. The molecule has 4 N–H and O–H groups in total. The smallest absolute Gasteiger partial charge is 0.248 e. The second-order valence-electron chi connectivity index (χ2n) is 38.4. The number of nitrogens with one attached hydrogen (secondary N) is 2. The molecule has 10 aromatic carbocycles. The molecule has 0 saturated heterocycles. The van der Waals surface area contributed by atoms with Gasteiger partial charge in [0.1, 0.15) is 43.7 Å². The molecular formula is C112H149N5O11. The van der Waals surface area contributed by atoms with E-state index in [2.05, 4.69) is 337 Å². The molecule has 8 heterocycles. The van der Waals surface area contributed by atoms with Crippen LogP contribution in [0.4, 0.5) is 11.4 Å². The lowest BCUT2D eigenvalue weighted by Crippen LogP contribution is -2.46. The van der Waals surface area contributed by atoms with Crippen molar-refractivity contribution < 1.29 is 53.0 Å².